The minimum atomic E-state index is 0.0916. The maximum atomic E-state index is 6.33. The second kappa shape index (κ2) is 6.30. The lowest BCUT2D eigenvalue weighted by atomic mass is 9.93. The first kappa shape index (κ1) is 14.8. The van der Waals surface area contributed by atoms with Crippen molar-refractivity contribution in [3.63, 3.8) is 0 Å². The average molecular weight is 345 g/mol. The molecule has 1 aliphatic rings. The topological polar surface area (TPSA) is 29.3 Å². The molecule has 21 heavy (non-hydrogen) atoms. The van der Waals surface area contributed by atoms with Gasteiger partial charge < -0.3 is 5.73 Å². The predicted molar refractivity (Wildman–Crippen MR) is 91.1 cm³/mol. The maximum absolute atomic E-state index is 6.33. The van der Waals surface area contributed by atoms with E-state index in [1.807, 2.05) is 0 Å². The minimum absolute atomic E-state index is 0.0916. The summed E-state index contributed by atoms with van der Waals surface area (Å²) in [5, 5.41) is 0. The Labute approximate surface area is 135 Å². The van der Waals surface area contributed by atoms with E-state index >= 15 is 0 Å². The Hall–Kier alpha value is -1.16. The van der Waals surface area contributed by atoms with Gasteiger partial charge in [0, 0.05) is 23.6 Å². The molecular formula is C18H21BrN2. The molecule has 2 N–H and O–H groups in total. The molecular weight excluding hydrogens is 324 g/mol. The van der Waals surface area contributed by atoms with Gasteiger partial charge >= 0.3 is 0 Å². The van der Waals surface area contributed by atoms with Crippen LogP contribution in [0.1, 0.15) is 29.7 Å². The van der Waals surface area contributed by atoms with Gasteiger partial charge in [-0.15, -0.1) is 0 Å². The Morgan fingerprint density at radius 1 is 1.05 bits per heavy atom. The first-order valence-electron chi connectivity index (χ1n) is 7.47. The summed E-state index contributed by atoms with van der Waals surface area (Å²) in [7, 11) is 0. The SMILES string of the molecule is CC(N)C(c1ccccc1Br)N1CCc2ccccc2C1. The van der Waals surface area contributed by atoms with Crippen LogP contribution >= 0.6 is 15.9 Å². The fourth-order valence-electron chi connectivity index (χ4n) is 3.28. The van der Waals surface area contributed by atoms with Gasteiger partial charge in [-0.05, 0) is 36.1 Å². The normalized spacial score (nSPS) is 18.0. The summed E-state index contributed by atoms with van der Waals surface area (Å²) in [4.78, 5) is 2.51. The van der Waals surface area contributed by atoms with E-state index in [0.717, 1.165) is 24.0 Å². The van der Waals surface area contributed by atoms with Crippen molar-refractivity contribution in [1.82, 2.24) is 4.90 Å². The van der Waals surface area contributed by atoms with Crippen molar-refractivity contribution >= 4 is 15.9 Å². The molecule has 0 radical (unpaired) electrons. The summed E-state index contributed by atoms with van der Waals surface area (Å²) in [6, 6.07) is 17.5. The van der Waals surface area contributed by atoms with E-state index in [9.17, 15) is 0 Å². The molecule has 2 unspecified atom stereocenters. The Morgan fingerprint density at radius 3 is 2.43 bits per heavy atom. The zero-order chi connectivity index (χ0) is 14.8. The highest BCUT2D eigenvalue weighted by molar-refractivity contribution is 9.10. The predicted octanol–water partition coefficient (Wildman–Crippen LogP) is 3.90. The molecule has 0 fully saturated rings. The fraction of sp³-hybridized carbons (Fsp3) is 0.333. The second-order valence-electron chi connectivity index (χ2n) is 5.81. The second-order valence-corrected chi connectivity index (χ2v) is 6.67. The van der Waals surface area contributed by atoms with E-state index in [1.165, 1.54) is 16.7 Å². The lowest BCUT2D eigenvalue weighted by molar-refractivity contribution is 0.159. The van der Waals surface area contributed by atoms with Gasteiger partial charge in [0.1, 0.15) is 0 Å². The zero-order valence-electron chi connectivity index (χ0n) is 12.3. The van der Waals surface area contributed by atoms with Gasteiger partial charge in [-0.1, -0.05) is 58.4 Å². The lowest BCUT2D eigenvalue weighted by Gasteiger charge is -2.38. The molecule has 2 aromatic carbocycles. The van der Waals surface area contributed by atoms with Crippen LogP contribution in [0, 0.1) is 0 Å². The summed E-state index contributed by atoms with van der Waals surface area (Å²) >= 11 is 3.68. The van der Waals surface area contributed by atoms with Crippen LogP contribution in [0.5, 0.6) is 0 Å². The van der Waals surface area contributed by atoms with E-state index in [0.29, 0.717) is 0 Å². The molecule has 2 aromatic rings. The highest BCUT2D eigenvalue weighted by Gasteiger charge is 2.28. The molecule has 2 atom stereocenters. The van der Waals surface area contributed by atoms with Crippen molar-refractivity contribution in [2.45, 2.75) is 32.0 Å². The quantitative estimate of drug-likeness (QED) is 0.914. The molecule has 0 aromatic heterocycles. The summed E-state index contributed by atoms with van der Waals surface area (Å²) in [6.45, 7) is 4.14. The van der Waals surface area contributed by atoms with Gasteiger partial charge in [0.15, 0.2) is 0 Å². The van der Waals surface area contributed by atoms with Crippen LogP contribution in [0.15, 0.2) is 53.0 Å². The third kappa shape index (κ3) is 3.05. The molecule has 0 amide bonds. The molecule has 1 aliphatic heterocycles. The van der Waals surface area contributed by atoms with Crippen LogP contribution in [0.4, 0.5) is 0 Å². The Balaban J connectivity index is 1.92. The number of halogens is 1. The number of nitrogens with zero attached hydrogens (tertiary/aromatic N) is 1. The number of hydrogen-bond acceptors (Lipinski definition) is 2. The van der Waals surface area contributed by atoms with E-state index in [4.69, 9.17) is 5.73 Å². The minimum Gasteiger partial charge on any atom is -0.326 e. The van der Waals surface area contributed by atoms with Crippen molar-refractivity contribution in [2.75, 3.05) is 6.54 Å². The molecule has 3 heteroatoms. The maximum Gasteiger partial charge on any atom is 0.0511 e. The fourth-order valence-corrected chi connectivity index (χ4v) is 3.80. The Bertz CT molecular complexity index is 624. The lowest BCUT2D eigenvalue weighted by Crippen LogP contribution is -2.42. The standard InChI is InChI=1S/C18H21BrN2/c1-13(20)18(16-8-4-5-9-17(16)19)21-11-10-14-6-2-3-7-15(14)12-21/h2-9,13,18H,10-12,20H2,1H3. The number of rotatable bonds is 3. The largest absolute Gasteiger partial charge is 0.326 e. The van der Waals surface area contributed by atoms with Crippen LogP contribution in [0.25, 0.3) is 0 Å². The van der Waals surface area contributed by atoms with Crippen molar-refractivity contribution in [1.29, 1.82) is 0 Å². The highest BCUT2D eigenvalue weighted by Crippen LogP contribution is 2.33. The highest BCUT2D eigenvalue weighted by atomic mass is 79.9. The van der Waals surface area contributed by atoms with Crippen molar-refractivity contribution in [3.8, 4) is 0 Å². The van der Waals surface area contributed by atoms with Crippen LogP contribution in [-0.4, -0.2) is 17.5 Å². The van der Waals surface area contributed by atoms with Gasteiger partial charge in [0.05, 0.1) is 6.04 Å². The Morgan fingerprint density at radius 2 is 1.71 bits per heavy atom. The molecule has 0 saturated carbocycles. The van der Waals surface area contributed by atoms with E-state index in [-0.39, 0.29) is 12.1 Å². The third-order valence-corrected chi connectivity index (χ3v) is 5.00. The van der Waals surface area contributed by atoms with Gasteiger partial charge in [0.2, 0.25) is 0 Å². The van der Waals surface area contributed by atoms with Crippen LogP contribution in [0.3, 0.4) is 0 Å². The van der Waals surface area contributed by atoms with Crippen LogP contribution in [0.2, 0.25) is 0 Å². The molecule has 110 valence electrons. The molecule has 3 rings (SSSR count). The molecule has 2 nitrogen and oxygen atoms in total. The molecule has 0 saturated heterocycles. The van der Waals surface area contributed by atoms with Crippen molar-refractivity contribution in [2.24, 2.45) is 5.73 Å². The number of hydrogen-bond donors (Lipinski definition) is 1. The van der Waals surface area contributed by atoms with E-state index < -0.39 is 0 Å². The smallest absolute Gasteiger partial charge is 0.0511 e. The molecule has 0 bridgehead atoms. The molecule has 0 aliphatic carbocycles. The van der Waals surface area contributed by atoms with Gasteiger partial charge in [-0.3, -0.25) is 4.90 Å². The van der Waals surface area contributed by atoms with Gasteiger partial charge in [-0.25, -0.2) is 0 Å². The first-order chi connectivity index (χ1) is 10.2. The average Bonchev–Trinajstić information content (AvgIpc) is 2.49. The van der Waals surface area contributed by atoms with E-state index in [1.54, 1.807) is 0 Å². The van der Waals surface area contributed by atoms with E-state index in [2.05, 4.69) is 76.3 Å². The summed E-state index contributed by atoms with van der Waals surface area (Å²) in [5.41, 5.74) is 10.5. The zero-order valence-corrected chi connectivity index (χ0v) is 13.9. The van der Waals surface area contributed by atoms with Gasteiger partial charge in [0.25, 0.3) is 0 Å². The number of nitrogens with two attached hydrogens (primary N) is 1. The monoisotopic (exact) mass is 344 g/mol. The Kier molecular flexibility index (Phi) is 4.43. The summed E-state index contributed by atoms with van der Waals surface area (Å²) in [6.07, 6.45) is 1.10. The van der Waals surface area contributed by atoms with Gasteiger partial charge in [-0.2, -0.15) is 0 Å². The number of benzene rings is 2. The third-order valence-electron chi connectivity index (χ3n) is 4.28. The summed E-state index contributed by atoms with van der Waals surface area (Å²) in [5.74, 6) is 0. The van der Waals surface area contributed by atoms with Crippen LogP contribution < -0.4 is 5.73 Å². The van der Waals surface area contributed by atoms with Crippen molar-refractivity contribution in [3.05, 3.63) is 69.7 Å². The molecule has 1 heterocycles. The summed E-state index contributed by atoms with van der Waals surface area (Å²) < 4.78 is 1.14. The van der Waals surface area contributed by atoms with Crippen LogP contribution in [-0.2, 0) is 13.0 Å². The van der Waals surface area contributed by atoms with Crippen molar-refractivity contribution < 1.29 is 0 Å². The number of fused-ring (bicyclic) bond motifs is 1. The molecule has 0 spiro atoms. The first-order valence-corrected chi connectivity index (χ1v) is 8.27.